The van der Waals surface area contributed by atoms with Crippen molar-refractivity contribution in [1.82, 2.24) is 9.55 Å². The quantitative estimate of drug-likeness (QED) is 0.867. The van der Waals surface area contributed by atoms with Gasteiger partial charge >= 0.3 is 4.87 Å². The van der Waals surface area contributed by atoms with E-state index in [1.807, 2.05) is 26.0 Å². The van der Waals surface area contributed by atoms with E-state index >= 15 is 0 Å². The highest BCUT2D eigenvalue weighted by molar-refractivity contribution is 7.80. The lowest BCUT2D eigenvalue weighted by atomic mass is 10.2. The Morgan fingerprint density at radius 2 is 2.28 bits per heavy atom. The average Bonchev–Trinajstić information content (AvgIpc) is 2.56. The second-order valence-corrected chi connectivity index (χ2v) is 5.61. The average molecular weight is 279 g/mol. The van der Waals surface area contributed by atoms with Crippen molar-refractivity contribution in [3.63, 3.8) is 0 Å². The molecule has 0 amide bonds. The summed E-state index contributed by atoms with van der Waals surface area (Å²) in [4.78, 5) is 17.2. The van der Waals surface area contributed by atoms with Crippen molar-refractivity contribution in [2.45, 2.75) is 20.4 Å². The first-order valence-corrected chi connectivity index (χ1v) is 6.63. The van der Waals surface area contributed by atoms with Crippen molar-refractivity contribution in [3.8, 4) is 0 Å². The highest BCUT2D eigenvalue weighted by Gasteiger charge is 2.08. The van der Waals surface area contributed by atoms with Gasteiger partial charge in [0.1, 0.15) is 4.99 Å². The lowest BCUT2D eigenvalue weighted by molar-refractivity contribution is 0.750. The van der Waals surface area contributed by atoms with Gasteiger partial charge in [-0.3, -0.25) is 14.3 Å². The van der Waals surface area contributed by atoms with Crippen LogP contribution in [0.1, 0.15) is 21.8 Å². The van der Waals surface area contributed by atoms with Crippen LogP contribution in [0.4, 0.5) is 0 Å². The maximum atomic E-state index is 11.8. The van der Waals surface area contributed by atoms with Gasteiger partial charge in [-0.2, -0.15) is 0 Å². The Hall–Kier alpha value is -1.53. The van der Waals surface area contributed by atoms with Crippen LogP contribution < -0.4 is 10.6 Å². The molecule has 6 heteroatoms. The number of thiocarbonyl (C=S) groups is 1. The van der Waals surface area contributed by atoms with E-state index in [4.69, 9.17) is 18.0 Å². The fraction of sp³-hybridized carbons (Fsp3) is 0.250. The number of thiazole rings is 1. The van der Waals surface area contributed by atoms with Crippen LogP contribution in [0.25, 0.3) is 0 Å². The summed E-state index contributed by atoms with van der Waals surface area (Å²) in [7, 11) is 0. The van der Waals surface area contributed by atoms with E-state index in [0.29, 0.717) is 12.2 Å². The number of hydrogen-bond acceptors (Lipinski definition) is 4. The molecule has 0 unspecified atom stereocenters. The van der Waals surface area contributed by atoms with Gasteiger partial charge in [-0.05, 0) is 31.5 Å². The van der Waals surface area contributed by atoms with Crippen LogP contribution in [-0.4, -0.2) is 14.5 Å². The first-order valence-electron chi connectivity index (χ1n) is 5.40. The van der Waals surface area contributed by atoms with Gasteiger partial charge in [-0.25, -0.2) is 0 Å². The van der Waals surface area contributed by atoms with Gasteiger partial charge in [0.05, 0.1) is 12.2 Å². The number of hydrogen-bond donors (Lipinski definition) is 1. The maximum absolute atomic E-state index is 11.8. The summed E-state index contributed by atoms with van der Waals surface area (Å²) in [5.41, 5.74) is 8.09. The van der Waals surface area contributed by atoms with Crippen molar-refractivity contribution < 1.29 is 0 Å². The number of aromatic nitrogens is 2. The van der Waals surface area contributed by atoms with E-state index in [1.165, 1.54) is 11.3 Å². The molecule has 2 aromatic rings. The summed E-state index contributed by atoms with van der Waals surface area (Å²) in [6, 6.07) is 3.68. The summed E-state index contributed by atoms with van der Waals surface area (Å²) >= 11 is 6.16. The molecule has 0 aromatic carbocycles. The van der Waals surface area contributed by atoms with Crippen LogP contribution in [0.15, 0.2) is 23.1 Å². The third-order valence-electron chi connectivity index (χ3n) is 2.79. The summed E-state index contributed by atoms with van der Waals surface area (Å²) < 4.78 is 1.75. The third-order valence-corrected chi connectivity index (χ3v) is 4.00. The van der Waals surface area contributed by atoms with Crippen LogP contribution in [0.5, 0.6) is 0 Å². The molecule has 0 aliphatic rings. The predicted octanol–water partition coefficient (Wildman–Crippen LogP) is 1.60. The van der Waals surface area contributed by atoms with Crippen LogP contribution >= 0.6 is 23.6 Å². The minimum Gasteiger partial charge on any atom is -0.388 e. The fourth-order valence-electron chi connectivity index (χ4n) is 1.66. The first-order chi connectivity index (χ1) is 8.49. The molecular formula is C12H13N3OS2. The van der Waals surface area contributed by atoms with Gasteiger partial charge < -0.3 is 5.73 Å². The second-order valence-electron chi connectivity index (χ2n) is 4.01. The van der Waals surface area contributed by atoms with E-state index in [0.717, 1.165) is 16.1 Å². The highest BCUT2D eigenvalue weighted by atomic mass is 32.1. The van der Waals surface area contributed by atoms with Crippen LogP contribution in [-0.2, 0) is 6.54 Å². The molecular weight excluding hydrogens is 266 g/mol. The molecule has 0 fully saturated rings. The summed E-state index contributed by atoms with van der Waals surface area (Å²) in [5.74, 6) is 0. The fourth-order valence-corrected chi connectivity index (χ4v) is 2.60. The van der Waals surface area contributed by atoms with E-state index in [9.17, 15) is 4.79 Å². The van der Waals surface area contributed by atoms with Gasteiger partial charge in [0.2, 0.25) is 0 Å². The Kier molecular flexibility index (Phi) is 3.58. The molecule has 0 saturated carbocycles. The number of pyridine rings is 1. The minimum absolute atomic E-state index is 0.0543. The molecule has 0 aliphatic carbocycles. The largest absolute Gasteiger partial charge is 0.388 e. The molecule has 4 nitrogen and oxygen atoms in total. The first kappa shape index (κ1) is 12.9. The molecule has 0 atom stereocenters. The minimum atomic E-state index is 0.0543. The Morgan fingerprint density at radius 1 is 1.56 bits per heavy atom. The van der Waals surface area contributed by atoms with Crippen molar-refractivity contribution in [2.75, 3.05) is 0 Å². The Balaban J connectivity index is 2.37. The van der Waals surface area contributed by atoms with Crippen LogP contribution in [0.2, 0.25) is 0 Å². The molecule has 18 heavy (non-hydrogen) atoms. The zero-order valence-corrected chi connectivity index (χ0v) is 11.8. The predicted molar refractivity (Wildman–Crippen MR) is 77.3 cm³/mol. The van der Waals surface area contributed by atoms with Gasteiger partial charge in [0.15, 0.2) is 0 Å². The molecule has 2 N–H and O–H groups in total. The zero-order chi connectivity index (χ0) is 13.3. The zero-order valence-electron chi connectivity index (χ0n) is 10.1. The number of nitrogens with zero attached hydrogens (tertiary/aromatic N) is 2. The van der Waals surface area contributed by atoms with E-state index in [1.54, 1.807) is 10.8 Å². The number of aryl methyl sites for hydroxylation is 1. The Labute approximate surface area is 114 Å². The smallest absolute Gasteiger partial charge is 0.307 e. The van der Waals surface area contributed by atoms with Gasteiger partial charge in [0, 0.05) is 16.8 Å². The van der Waals surface area contributed by atoms with Crippen molar-refractivity contribution in [3.05, 3.63) is 49.8 Å². The van der Waals surface area contributed by atoms with Gasteiger partial charge in [0.25, 0.3) is 0 Å². The molecule has 2 aromatic heterocycles. The molecule has 0 spiro atoms. The summed E-state index contributed by atoms with van der Waals surface area (Å²) in [6.45, 7) is 4.42. The third kappa shape index (κ3) is 2.49. The number of rotatable bonds is 3. The number of nitrogens with two attached hydrogens (primary N) is 1. The van der Waals surface area contributed by atoms with E-state index in [2.05, 4.69) is 4.98 Å². The molecule has 2 heterocycles. The van der Waals surface area contributed by atoms with Crippen molar-refractivity contribution in [2.24, 2.45) is 5.73 Å². The summed E-state index contributed by atoms with van der Waals surface area (Å²) in [5, 5.41) is 0. The normalized spacial score (nSPS) is 10.6. The topological polar surface area (TPSA) is 60.9 Å². The molecule has 0 saturated heterocycles. The Morgan fingerprint density at radius 3 is 2.83 bits per heavy atom. The van der Waals surface area contributed by atoms with Crippen LogP contribution in [0.3, 0.4) is 0 Å². The van der Waals surface area contributed by atoms with Gasteiger partial charge in [-0.15, -0.1) is 0 Å². The monoisotopic (exact) mass is 279 g/mol. The van der Waals surface area contributed by atoms with E-state index in [-0.39, 0.29) is 9.86 Å². The van der Waals surface area contributed by atoms with Crippen molar-refractivity contribution >= 4 is 28.5 Å². The lowest BCUT2D eigenvalue weighted by Gasteiger charge is -2.06. The molecule has 0 bridgehead atoms. The van der Waals surface area contributed by atoms with Crippen molar-refractivity contribution in [1.29, 1.82) is 0 Å². The highest BCUT2D eigenvalue weighted by Crippen LogP contribution is 2.12. The van der Waals surface area contributed by atoms with Crippen LogP contribution in [0, 0.1) is 13.8 Å². The summed E-state index contributed by atoms with van der Waals surface area (Å²) in [6.07, 6.45) is 1.66. The van der Waals surface area contributed by atoms with Gasteiger partial charge in [-0.1, -0.05) is 23.6 Å². The molecule has 2 rings (SSSR count). The lowest BCUT2D eigenvalue weighted by Crippen LogP contribution is -2.17. The molecule has 94 valence electrons. The van der Waals surface area contributed by atoms with E-state index < -0.39 is 0 Å². The standard InChI is InChI=1S/C12H13N3OS2/c1-7-8(2)18-12(16)15(7)6-9-3-4-14-10(5-9)11(13)17/h3-5H,6H2,1-2H3,(H2,13,17). The second kappa shape index (κ2) is 4.99. The molecule has 0 aliphatic heterocycles. The molecule has 0 radical (unpaired) electrons. The maximum Gasteiger partial charge on any atom is 0.307 e. The Bertz CT molecular complexity index is 658. The SMILES string of the molecule is Cc1sc(=O)n(Cc2ccnc(C(N)=S)c2)c1C.